The van der Waals surface area contributed by atoms with E-state index in [-0.39, 0.29) is 28.5 Å². The van der Waals surface area contributed by atoms with E-state index in [1.54, 1.807) is 29.8 Å². The van der Waals surface area contributed by atoms with Crippen molar-refractivity contribution in [1.29, 1.82) is 0 Å². The van der Waals surface area contributed by atoms with Gasteiger partial charge in [0.05, 0.1) is 26.6 Å². The lowest BCUT2D eigenvalue weighted by Crippen LogP contribution is -2.28. The molecule has 0 saturated heterocycles. The molecule has 0 fully saturated rings. The van der Waals surface area contributed by atoms with Gasteiger partial charge >= 0.3 is 0 Å². The van der Waals surface area contributed by atoms with Gasteiger partial charge in [-0.3, -0.25) is 9.59 Å². The number of benzene rings is 1. The van der Waals surface area contributed by atoms with E-state index >= 15 is 0 Å². The van der Waals surface area contributed by atoms with Crippen molar-refractivity contribution in [2.45, 2.75) is 20.3 Å². The van der Waals surface area contributed by atoms with E-state index in [9.17, 15) is 9.59 Å². The molecule has 12 heteroatoms. The molecule has 4 aromatic rings. The second kappa shape index (κ2) is 11.0. The Labute approximate surface area is 229 Å². The zero-order valence-electron chi connectivity index (χ0n) is 21.6. The van der Waals surface area contributed by atoms with Crippen LogP contribution in [0.1, 0.15) is 30.0 Å². The van der Waals surface area contributed by atoms with Crippen molar-refractivity contribution in [3.8, 4) is 22.5 Å². The molecule has 0 atom stereocenters. The van der Waals surface area contributed by atoms with E-state index in [1.807, 2.05) is 6.07 Å². The van der Waals surface area contributed by atoms with Crippen LogP contribution in [0.3, 0.4) is 0 Å². The largest absolute Gasteiger partial charge is 0.412 e. The molecule has 4 rings (SSSR count). The van der Waals surface area contributed by atoms with Crippen molar-refractivity contribution in [2.24, 2.45) is 12.8 Å². The summed E-state index contributed by atoms with van der Waals surface area (Å²) in [5, 5.41) is 0.931. The smallest absolute Gasteiger partial charge is 0.293 e. The topological polar surface area (TPSA) is 134 Å². The van der Waals surface area contributed by atoms with Gasteiger partial charge in [0.15, 0.2) is 11.5 Å². The van der Waals surface area contributed by atoms with Gasteiger partial charge in [0.2, 0.25) is 0 Å². The maximum absolute atomic E-state index is 13.5. The van der Waals surface area contributed by atoms with E-state index in [1.165, 1.54) is 13.2 Å². The number of anilines is 1. The van der Waals surface area contributed by atoms with Crippen molar-refractivity contribution in [3.63, 3.8) is 0 Å². The third kappa shape index (κ3) is 4.82. The lowest BCUT2D eigenvalue weighted by atomic mass is 10.1. The molecule has 0 bridgehead atoms. The summed E-state index contributed by atoms with van der Waals surface area (Å²) in [6, 6.07) is 8.31. The van der Waals surface area contributed by atoms with Gasteiger partial charge in [-0.05, 0) is 37.4 Å². The first-order chi connectivity index (χ1) is 18.1. The lowest BCUT2D eigenvalue weighted by molar-refractivity contribution is 0.0993. The Morgan fingerprint density at radius 3 is 2.34 bits per heavy atom. The summed E-state index contributed by atoms with van der Waals surface area (Å²) < 4.78 is 2.75. The average molecular weight is 558 g/mol. The number of hydrogen-bond donors (Lipinski definition) is 2. The predicted octanol–water partition coefficient (Wildman–Crippen LogP) is 3.39. The second-order valence-corrected chi connectivity index (χ2v) is 9.52. The highest BCUT2D eigenvalue weighted by Gasteiger charge is 2.24. The van der Waals surface area contributed by atoms with Gasteiger partial charge in [0, 0.05) is 31.3 Å². The van der Waals surface area contributed by atoms with Gasteiger partial charge in [-0.1, -0.05) is 43.1 Å². The molecule has 0 radical (unpaired) electrons. The first kappa shape index (κ1) is 27.4. The number of carbonyl (C=O) groups excluding carboxylic acids is 1. The quantitative estimate of drug-likeness (QED) is 0.322. The van der Waals surface area contributed by atoms with Crippen molar-refractivity contribution in [3.05, 3.63) is 62.1 Å². The van der Waals surface area contributed by atoms with E-state index < -0.39 is 11.5 Å². The fraction of sp³-hybridized carbons (Fsp3) is 0.308. The van der Waals surface area contributed by atoms with Crippen LogP contribution in [0.2, 0.25) is 10.0 Å². The van der Waals surface area contributed by atoms with Gasteiger partial charge in [-0.2, -0.15) is 0 Å². The van der Waals surface area contributed by atoms with E-state index in [2.05, 4.69) is 28.7 Å². The fourth-order valence-electron chi connectivity index (χ4n) is 4.58. The molecule has 38 heavy (non-hydrogen) atoms. The highest BCUT2D eigenvalue weighted by molar-refractivity contribution is 6.39. The summed E-state index contributed by atoms with van der Waals surface area (Å²) in [7, 11) is 3.11. The number of fused-ring (bicyclic) bond motifs is 1. The van der Waals surface area contributed by atoms with E-state index in [4.69, 9.17) is 39.5 Å². The van der Waals surface area contributed by atoms with Crippen LogP contribution in [0.25, 0.3) is 33.5 Å². The predicted molar refractivity (Wildman–Crippen MR) is 151 cm³/mol. The zero-order chi connectivity index (χ0) is 27.7. The summed E-state index contributed by atoms with van der Waals surface area (Å²) in [6.07, 6.45) is 0.687. The van der Waals surface area contributed by atoms with Crippen LogP contribution in [-0.2, 0) is 13.5 Å². The number of likely N-dealkylation sites (N-methyl/N-ethyl adjacent to an activating group) is 1. The Hall–Kier alpha value is -3.60. The van der Waals surface area contributed by atoms with Gasteiger partial charge in [0.1, 0.15) is 18.6 Å². The normalized spacial score (nSPS) is 11.4. The van der Waals surface area contributed by atoms with Crippen LogP contribution >= 0.6 is 23.2 Å². The summed E-state index contributed by atoms with van der Waals surface area (Å²) >= 11 is 12.7. The molecule has 10 nitrogen and oxygen atoms in total. The molecule has 0 unspecified atom stereocenters. The number of nitrogen functional groups attached to an aromatic ring is 1. The monoisotopic (exact) mass is 557 g/mol. The average Bonchev–Trinajstić information content (AvgIpc) is 3.21. The molecular weight excluding hydrogens is 529 g/mol. The Morgan fingerprint density at radius 2 is 1.76 bits per heavy atom. The minimum Gasteiger partial charge on any atom is -0.412 e. The Balaban J connectivity index is 1.93. The van der Waals surface area contributed by atoms with E-state index in [0.717, 1.165) is 30.1 Å². The van der Waals surface area contributed by atoms with Crippen molar-refractivity contribution in [2.75, 3.05) is 32.5 Å². The minimum absolute atomic E-state index is 0.0733. The van der Waals surface area contributed by atoms with Gasteiger partial charge < -0.3 is 25.8 Å². The number of halogens is 2. The number of hydrogen-bond acceptors (Lipinski definition) is 7. The van der Waals surface area contributed by atoms with Gasteiger partial charge in [-0.25, -0.2) is 9.97 Å². The number of nitrogens with zero attached hydrogens (tertiary/aromatic N) is 5. The highest BCUT2D eigenvalue weighted by Crippen LogP contribution is 2.35. The molecule has 0 aliphatic heterocycles. The van der Waals surface area contributed by atoms with Gasteiger partial charge in [0.25, 0.3) is 11.5 Å². The maximum Gasteiger partial charge on any atom is 0.293 e. The zero-order valence-corrected chi connectivity index (χ0v) is 23.1. The number of nitrogens with two attached hydrogens (primary N) is 2. The number of amides is 1. The van der Waals surface area contributed by atoms with Crippen LogP contribution in [0.4, 0.5) is 5.82 Å². The molecule has 1 aromatic carbocycles. The molecule has 0 saturated carbocycles. The highest BCUT2D eigenvalue weighted by atomic mass is 35.5. The van der Waals surface area contributed by atoms with Crippen molar-refractivity contribution < 1.29 is 9.63 Å². The SMILES string of the molecule is CCN(CC)CCc1cc(-c2nc(N)c3cc(-c4c(Cl)cccc4Cl)c(=O)n(OC)c3n2)c(C(N)=O)n1C. The Bertz CT molecular complexity index is 1570. The lowest BCUT2D eigenvalue weighted by Gasteiger charge is -2.17. The summed E-state index contributed by atoms with van der Waals surface area (Å²) in [5.41, 5.74) is 13.8. The molecule has 0 spiro atoms. The standard InChI is InChI=1S/C26H29Cl2N7O3/c1-5-34(6-2)11-10-14-12-16(21(23(30)36)33(14)3)24-31-22(29)17-13-15(20-18(27)8-7-9-19(20)28)26(37)35(38-4)25(17)32-24/h7-9,12-13H,5-6,10-11H2,1-4H3,(H2,30,36)(H2,29,31,32). The summed E-state index contributed by atoms with van der Waals surface area (Å²) in [4.78, 5) is 42.7. The van der Waals surface area contributed by atoms with Crippen molar-refractivity contribution >= 4 is 46.0 Å². The first-order valence-electron chi connectivity index (χ1n) is 12.1. The number of carbonyl (C=O) groups is 1. The maximum atomic E-state index is 13.5. The molecule has 200 valence electrons. The van der Waals surface area contributed by atoms with E-state index in [0.29, 0.717) is 33.0 Å². The third-order valence-corrected chi connectivity index (χ3v) is 7.28. The molecule has 0 aliphatic carbocycles. The minimum atomic E-state index is -0.633. The second-order valence-electron chi connectivity index (χ2n) is 8.70. The molecule has 0 aliphatic rings. The van der Waals surface area contributed by atoms with Crippen LogP contribution < -0.4 is 21.9 Å². The van der Waals surface area contributed by atoms with Crippen LogP contribution in [0.5, 0.6) is 0 Å². The Morgan fingerprint density at radius 1 is 1.11 bits per heavy atom. The van der Waals surface area contributed by atoms with Crippen LogP contribution in [0.15, 0.2) is 35.1 Å². The van der Waals surface area contributed by atoms with Crippen molar-refractivity contribution in [1.82, 2.24) is 24.2 Å². The van der Waals surface area contributed by atoms with Crippen LogP contribution in [0, 0.1) is 0 Å². The molecule has 3 heterocycles. The molecular formula is C26H29Cl2N7O3. The number of rotatable bonds is 9. The molecule has 1 amide bonds. The third-order valence-electron chi connectivity index (χ3n) is 6.65. The number of primary amides is 1. The first-order valence-corrected chi connectivity index (χ1v) is 12.8. The Kier molecular flexibility index (Phi) is 7.96. The fourth-order valence-corrected chi connectivity index (χ4v) is 5.18. The number of aromatic nitrogens is 4. The summed E-state index contributed by atoms with van der Waals surface area (Å²) in [5.74, 6) is -0.418. The van der Waals surface area contributed by atoms with Gasteiger partial charge in [-0.15, -0.1) is 4.73 Å². The number of pyridine rings is 1. The molecule has 3 aromatic heterocycles. The van der Waals surface area contributed by atoms with Crippen LogP contribution in [-0.4, -0.2) is 56.8 Å². The summed E-state index contributed by atoms with van der Waals surface area (Å²) in [6.45, 7) is 6.83. The molecule has 4 N–H and O–H groups in total.